The fourth-order valence-electron chi connectivity index (χ4n) is 3.63. The van der Waals surface area contributed by atoms with Gasteiger partial charge < -0.3 is 4.74 Å². The Balaban J connectivity index is 2.03. The van der Waals surface area contributed by atoms with Gasteiger partial charge in [0.05, 0.1) is 7.11 Å². The quantitative estimate of drug-likeness (QED) is 0.424. The summed E-state index contributed by atoms with van der Waals surface area (Å²) in [6.07, 6.45) is 1.73. The smallest absolute Gasteiger partial charge is 0.130 e. The van der Waals surface area contributed by atoms with Crippen LogP contribution in [0.3, 0.4) is 0 Å². The van der Waals surface area contributed by atoms with Crippen molar-refractivity contribution in [2.45, 2.75) is 38.8 Å². The van der Waals surface area contributed by atoms with Crippen LogP contribution < -0.4 is 10.0 Å². The summed E-state index contributed by atoms with van der Waals surface area (Å²) >= 11 is 0. The molecule has 0 fully saturated rings. The first-order valence-electron chi connectivity index (χ1n) is 9.72. The van der Waals surface area contributed by atoms with Crippen molar-refractivity contribution in [1.82, 2.24) is 0 Å². The molecule has 2 atom stereocenters. The van der Waals surface area contributed by atoms with Gasteiger partial charge in [0.2, 0.25) is 0 Å². The van der Waals surface area contributed by atoms with Gasteiger partial charge in [-0.2, -0.15) is 0 Å². The fourth-order valence-corrected chi connectivity index (χ4v) is 5.17. The number of hydrogen-bond acceptors (Lipinski definition) is 1. The van der Waals surface area contributed by atoms with Crippen LogP contribution >= 0.6 is 8.58 Å². The van der Waals surface area contributed by atoms with E-state index in [4.69, 9.17) is 4.74 Å². The van der Waals surface area contributed by atoms with Gasteiger partial charge in [0.15, 0.2) is 0 Å². The van der Waals surface area contributed by atoms with Crippen LogP contribution in [0.2, 0.25) is 0 Å². The highest BCUT2D eigenvalue weighted by Gasteiger charge is 2.31. The Hall–Kier alpha value is -2.18. The summed E-state index contributed by atoms with van der Waals surface area (Å²) in [7, 11) is 2.07. The second kappa shape index (κ2) is 8.88. The molecule has 0 radical (unpaired) electrons. The lowest BCUT2D eigenvalue weighted by Gasteiger charge is -2.32. The van der Waals surface area contributed by atoms with Crippen LogP contribution in [0.25, 0.3) is 0 Å². The molecular formula is C25H28FOP. The summed E-state index contributed by atoms with van der Waals surface area (Å²) in [5.41, 5.74) is 4.59. The second-order valence-electron chi connectivity index (χ2n) is 7.40. The molecule has 0 aromatic heterocycles. The molecule has 0 saturated carbocycles. The molecule has 3 heteroatoms. The van der Waals surface area contributed by atoms with Gasteiger partial charge in [0, 0.05) is 22.4 Å². The molecule has 0 amide bonds. The van der Waals surface area contributed by atoms with E-state index in [9.17, 15) is 4.39 Å². The van der Waals surface area contributed by atoms with E-state index in [1.54, 1.807) is 19.2 Å². The van der Waals surface area contributed by atoms with Gasteiger partial charge in [-0.25, -0.2) is 4.39 Å². The van der Waals surface area contributed by atoms with E-state index in [0.29, 0.717) is 8.58 Å². The summed E-state index contributed by atoms with van der Waals surface area (Å²) < 4.78 is 20.5. The van der Waals surface area contributed by atoms with Crippen molar-refractivity contribution >= 4 is 13.9 Å². The third-order valence-corrected chi connectivity index (χ3v) is 7.52. The number of aryl methyl sites for hydroxylation is 1. The summed E-state index contributed by atoms with van der Waals surface area (Å²) in [4.78, 5) is 0. The molecule has 0 saturated heterocycles. The lowest BCUT2D eigenvalue weighted by Crippen LogP contribution is -2.22. The Morgan fingerprint density at radius 1 is 0.964 bits per heavy atom. The SMILES string of the molecule is CCC(C)(Pc1c(C)cccc1F)c1cccc(Cc2ccccc2)c1OC. The number of para-hydroxylation sites is 1. The van der Waals surface area contributed by atoms with E-state index < -0.39 is 0 Å². The van der Waals surface area contributed by atoms with Crippen LogP contribution in [-0.4, -0.2) is 7.11 Å². The third-order valence-electron chi connectivity index (χ3n) is 5.46. The van der Waals surface area contributed by atoms with E-state index in [2.05, 4.69) is 56.3 Å². The molecule has 0 aliphatic heterocycles. The van der Waals surface area contributed by atoms with Crippen molar-refractivity contribution in [3.8, 4) is 5.75 Å². The monoisotopic (exact) mass is 394 g/mol. The number of benzene rings is 3. The topological polar surface area (TPSA) is 9.23 Å². The van der Waals surface area contributed by atoms with Gasteiger partial charge in [-0.1, -0.05) is 83.1 Å². The first-order chi connectivity index (χ1) is 13.5. The molecule has 0 aliphatic rings. The third kappa shape index (κ3) is 4.28. The predicted octanol–water partition coefficient (Wildman–Crippen LogP) is 6.36. The van der Waals surface area contributed by atoms with Gasteiger partial charge >= 0.3 is 0 Å². The normalized spacial score (nSPS) is 13.6. The molecule has 2 unspecified atom stereocenters. The molecule has 1 nitrogen and oxygen atoms in total. The number of ether oxygens (including phenoxy) is 1. The molecule has 0 bridgehead atoms. The van der Waals surface area contributed by atoms with Crippen molar-refractivity contribution in [3.63, 3.8) is 0 Å². The minimum absolute atomic E-state index is 0.114. The van der Waals surface area contributed by atoms with Crippen molar-refractivity contribution in [2.24, 2.45) is 0 Å². The molecule has 0 aliphatic carbocycles. The highest BCUT2D eigenvalue weighted by Crippen LogP contribution is 2.48. The van der Waals surface area contributed by atoms with Gasteiger partial charge in [0.1, 0.15) is 11.6 Å². The largest absolute Gasteiger partial charge is 0.496 e. The molecule has 3 rings (SSSR count). The van der Waals surface area contributed by atoms with Crippen molar-refractivity contribution in [3.05, 3.63) is 94.8 Å². The first kappa shape index (κ1) is 20.6. The molecule has 3 aromatic rings. The molecule has 0 N–H and O–H groups in total. The standard InChI is InChI=1S/C25H28FOP/c1-5-25(3,28-24-18(2)11-9-16-22(24)26)21-15-10-14-20(23(21)27-4)17-19-12-7-6-8-13-19/h6-16,28H,5,17H2,1-4H3. The fraction of sp³-hybridized carbons (Fsp3) is 0.280. The zero-order valence-electron chi connectivity index (χ0n) is 17.1. The zero-order valence-corrected chi connectivity index (χ0v) is 18.1. The maximum atomic E-state index is 14.6. The molecular weight excluding hydrogens is 366 g/mol. The lowest BCUT2D eigenvalue weighted by atomic mass is 9.92. The van der Waals surface area contributed by atoms with Gasteiger partial charge in [-0.3, -0.25) is 0 Å². The summed E-state index contributed by atoms with van der Waals surface area (Å²) in [5.74, 6) is 0.814. The predicted molar refractivity (Wildman–Crippen MR) is 119 cm³/mol. The number of hydrogen-bond donors (Lipinski definition) is 0. The Bertz CT molecular complexity index is 918. The highest BCUT2D eigenvalue weighted by atomic mass is 31.1. The van der Waals surface area contributed by atoms with Gasteiger partial charge in [-0.15, -0.1) is 0 Å². The average molecular weight is 394 g/mol. The van der Waals surface area contributed by atoms with Gasteiger partial charge in [-0.05, 0) is 36.1 Å². The van der Waals surface area contributed by atoms with E-state index in [1.165, 1.54) is 11.1 Å². The van der Waals surface area contributed by atoms with E-state index in [0.717, 1.165) is 35.0 Å². The van der Waals surface area contributed by atoms with Crippen molar-refractivity contribution in [2.75, 3.05) is 7.11 Å². The van der Waals surface area contributed by atoms with Crippen LogP contribution in [0, 0.1) is 12.7 Å². The maximum Gasteiger partial charge on any atom is 0.130 e. The molecule has 28 heavy (non-hydrogen) atoms. The van der Waals surface area contributed by atoms with Crippen LogP contribution in [-0.2, 0) is 11.6 Å². The number of halogens is 1. The Kier molecular flexibility index (Phi) is 6.52. The molecule has 146 valence electrons. The number of methoxy groups -OCH3 is 1. The van der Waals surface area contributed by atoms with E-state index >= 15 is 0 Å². The molecule has 0 heterocycles. The molecule has 0 spiro atoms. The van der Waals surface area contributed by atoms with Crippen molar-refractivity contribution < 1.29 is 9.13 Å². The summed E-state index contributed by atoms with van der Waals surface area (Å²) in [5, 5.41) is 0.632. The minimum atomic E-state index is -0.189. The Morgan fingerprint density at radius 2 is 1.68 bits per heavy atom. The summed E-state index contributed by atoms with van der Waals surface area (Å²) in [6.45, 7) is 6.39. The van der Waals surface area contributed by atoms with Crippen LogP contribution in [0.1, 0.15) is 42.5 Å². The van der Waals surface area contributed by atoms with E-state index in [-0.39, 0.29) is 11.0 Å². The molecule has 3 aromatic carbocycles. The lowest BCUT2D eigenvalue weighted by molar-refractivity contribution is 0.398. The first-order valence-corrected chi connectivity index (χ1v) is 10.7. The second-order valence-corrected chi connectivity index (χ2v) is 9.26. The minimum Gasteiger partial charge on any atom is -0.496 e. The summed E-state index contributed by atoms with van der Waals surface area (Å²) in [6, 6.07) is 22.1. The zero-order chi connectivity index (χ0) is 20.1. The van der Waals surface area contributed by atoms with Crippen molar-refractivity contribution in [1.29, 1.82) is 0 Å². The van der Waals surface area contributed by atoms with Crippen LogP contribution in [0.5, 0.6) is 5.75 Å². The maximum absolute atomic E-state index is 14.6. The average Bonchev–Trinajstić information content (AvgIpc) is 2.71. The highest BCUT2D eigenvalue weighted by molar-refractivity contribution is 7.48. The van der Waals surface area contributed by atoms with Crippen LogP contribution in [0.15, 0.2) is 66.7 Å². The Morgan fingerprint density at radius 3 is 2.32 bits per heavy atom. The van der Waals surface area contributed by atoms with Gasteiger partial charge in [0.25, 0.3) is 0 Å². The number of rotatable bonds is 7. The van der Waals surface area contributed by atoms with E-state index in [1.807, 2.05) is 19.1 Å². The van der Waals surface area contributed by atoms with Crippen LogP contribution in [0.4, 0.5) is 4.39 Å². The Labute approximate surface area is 169 Å².